The van der Waals surface area contributed by atoms with Crippen LogP contribution >= 0.6 is 11.6 Å². The number of rotatable bonds is 5. The van der Waals surface area contributed by atoms with E-state index in [2.05, 4.69) is 4.90 Å². The number of aryl methyl sites for hydroxylation is 1. The van der Waals surface area contributed by atoms with Crippen molar-refractivity contribution in [2.75, 3.05) is 19.6 Å². The quantitative estimate of drug-likeness (QED) is 0.902. The summed E-state index contributed by atoms with van der Waals surface area (Å²) in [7, 11) is 0. The van der Waals surface area contributed by atoms with Gasteiger partial charge >= 0.3 is 5.97 Å². The number of carboxylic acid groups (broad SMARTS) is 1. The fourth-order valence-electron chi connectivity index (χ4n) is 2.58. The van der Waals surface area contributed by atoms with Crippen LogP contribution in [-0.4, -0.2) is 35.6 Å². The van der Waals surface area contributed by atoms with Gasteiger partial charge in [0.25, 0.3) is 0 Å². The molecule has 1 saturated heterocycles. The van der Waals surface area contributed by atoms with E-state index in [0.29, 0.717) is 6.54 Å². The molecule has 1 aliphatic heterocycles. The Bertz CT molecular complexity index is 446. The van der Waals surface area contributed by atoms with E-state index in [1.807, 2.05) is 31.2 Å². The lowest BCUT2D eigenvalue weighted by atomic mass is 9.90. The lowest BCUT2D eigenvalue weighted by Gasteiger charge is -2.19. The molecule has 0 bridgehead atoms. The van der Waals surface area contributed by atoms with Crippen molar-refractivity contribution in [1.29, 1.82) is 0 Å². The Kier molecular flexibility index (Phi) is 4.48. The van der Waals surface area contributed by atoms with Gasteiger partial charge in [0.15, 0.2) is 0 Å². The smallest absolute Gasteiger partial charge is 0.310 e. The molecular weight excluding hydrogens is 262 g/mol. The summed E-state index contributed by atoms with van der Waals surface area (Å²) < 4.78 is 0. The molecule has 0 aliphatic carbocycles. The predicted octanol–water partition coefficient (Wildman–Crippen LogP) is 3.07. The Hall–Kier alpha value is -1.06. The van der Waals surface area contributed by atoms with Gasteiger partial charge in [0.2, 0.25) is 0 Å². The standard InChI is InChI=1S/C15H20ClNO2/c1-15(14(18)19)8-10-17(11-15)9-2-3-12-4-6-13(16)7-5-12/h4-7H,2-3,8-11H2,1H3,(H,18,19). The van der Waals surface area contributed by atoms with Crippen LogP contribution in [0.2, 0.25) is 5.02 Å². The van der Waals surface area contributed by atoms with Crippen LogP contribution in [0.4, 0.5) is 0 Å². The summed E-state index contributed by atoms with van der Waals surface area (Å²) in [5.41, 5.74) is 0.727. The maximum atomic E-state index is 11.2. The first-order chi connectivity index (χ1) is 8.99. The Morgan fingerprint density at radius 3 is 2.68 bits per heavy atom. The maximum Gasteiger partial charge on any atom is 0.310 e. The molecule has 3 nitrogen and oxygen atoms in total. The van der Waals surface area contributed by atoms with Gasteiger partial charge in [-0.2, -0.15) is 0 Å². The molecule has 2 rings (SSSR count). The van der Waals surface area contributed by atoms with Crippen LogP contribution in [0.15, 0.2) is 24.3 Å². The zero-order valence-corrected chi connectivity index (χ0v) is 12.0. The molecule has 1 aromatic carbocycles. The fourth-order valence-corrected chi connectivity index (χ4v) is 2.71. The zero-order valence-electron chi connectivity index (χ0n) is 11.2. The third kappa shape index (κ3) is 3.71. The first-order valence-electron chi connectivity index (χ1n) is 6.70. The maximum absolute atomic E-state index is 11.2. The van der Waals surface area contributed by atoms with Crippen LogP contribution in [0.3, 0.4) is 0 Å². The third-order valence-electron chi connectivity index (χ3n) is 3.92. The van der Waals surface area contributed by atoms with Crippen molar-refractivity contribution in [2.45, 2.75) is 26.2 Å². The third-order valence-corrected chi connectivity index (χ3v) is 4.17. The molecule has 1 unspecified atom stereocenters. The highest BCUT2D eigenvalue weighted by atomic mass is 35.5. The van der Waals surface area contributed by atoms with Crippen LogP contribution in [-0.2, 0) is 11.2 Å². The molecular formula is C15H20ClNO2. The molecule has 1 aromatic rings. The van der Waals surface area contributed by atoms with Crippen molar-refractivity contribution in [3.05, 3.63) is 34.9 Å². The largest absolute Gasteiger partial charge is 0.481 e. The molecule has 1 atom stereocenters. The number of likely N-dealkylation sites (tertiary alicyclic amines) is 1. The second kappa shape index (κ2) is 5.93. The summed E-state index contributed by atoms with van der Waals surface area (Å²) in [6.07, 6.45) is 2.82. The van der Waals surface area contributed by atoms with Gasteiger partial charge in [0.1, 0.15) is 0 Å². The topological polar surface area (TPSA) is 40.5 Å². The van der Waals surface area contributed by atoms with Crippen molar-refractivity contribution >= 4 is 17.6 Å². The Labute approximate surface area is 119 Å². The van der Waals surface area contributed by atoms with Crippen LogP contribution in [0.25, 0.3) is 0 Å². The highest BCUT2D eigenvalue weighted by Gasteiger charge is 2.39. The number of aliphatic carboxylic acids is 1. The first kappa shape index (κ1) is 14.4. The van der Waals surface area contributed by atoms with Crippen molar-refractivity contribution in [1.82, 2.24) is 4.90 Å². The van der Waals surface area contributed by atoms with E-state index in [-0.39, 0.29) is 0 Å². The minimum absolute atomic E-state index is 0.555. The fraction of sp³-hybridized carbons (Fsp3) is 0.533. The Morgan fingerprint density at radius 2 is 2.11 bits per heavy atom. The predicted molar refractivity (Wildman–Crippen MR) is 76.6 cm³/mol. The van der Waals surface area contributed by atoms with Gasteiger partial charge in [-0.3, -0.25) is 4.79 Å². The van der Waals surface area contributed by atoms with Gasteiger partial charge < -0.3 is 10.0 Å². The van der Waals surface area contributed by atoms with Gasteiger partial charge in [-0.1, -0.05) is 23.7 Å². The Balaban J connectivity index is 1.75. The molecule has 0 aromatic heterocycles. The number of carboxylic acids is 1. The van der Waals surface area contributed by atoms with Crippen molar-refractivity contribution in [3.63, 3.8) is 0 Å². The minimum atomic E-state index is -0.673. The molecule has 4 heteroatoms. The molecule has 1 aliphatic rings. The van der Waals surface area contributed by atoms with Crippen LogP contribution in [0.1, 0.15) is 25.3 Å². The van der Waals surface area contributed by atoms with E-state index >= 15 is 0 Å². The number of hydrogen-bond acceptors (Lipinski definition) is 2. The normalized spacial score (nSPS) is 23.7. The van der Waals surface area contributed by atoms with Crippen LogP contribution in [0, 0.1) is 5.41 Å². The van der Waals surface area contributed by atoms with Gasteiger partial charge in [-0.05, 0) is 57.0 Å². The van der Waals surface area contributed by atoms with E-state index in [1.165, 1.54) is 5.56 Å². The lowest BCUT2D eigenvalue weighted by Crippen LogP contribution is -2.32. The molecule has 104 valence electrons. The summed E-state index contributed by atoms with van der Waals surface area (Å²) in [6.45, 7) is 4.37. The monoisotopic (exact) mass is 281 g/mol. The summed E-state index contributed by atoms with van der Waals surface area (Å²) in [5.74, 6) is -0.673. The van der Waals surface area contributed by atoms with Gasteiger partial charge in [0.05, 0.1) is 5.41 Å². The van der Waals surface area contributed by atoms with Crippen LogP contribution in [0.5, 0.6) is 0 Å². The van der Waals surface area contributed by atoms with Crippen LogP contribution < -0.4 is 0 Å². The first-order valence-corrected chi connectivity index (χ1v) is 7.08. The number of nitrogens with zero attached hydrogens (tertiary/aromatic N) is 1. The average Bonchev–Trinajstić information content (AvgIpc) is 2.75. The zero-order chi connectivity index (χ0) is 13.9. The molecule has 19 heavy (non-hydrogen) atoms. The Morgan fingerprint density at radius 1 is 1.42 bits per heavy atom. The second-order valence-corrected chi connectivity index (χ2v) is 6.06. The highest BCUT2D eigenvalue weighted by molar-refractivity contribution is 6.30. The summed E-state index contributed by atoms with van der Waals surface area (Å²) in [4.78, 5) is 13.4. The van der Waals surface area contributed by atoms with Gasteiger partial charge in [-0.15, -0.1) is 0 Å². The molecule has 0 radical (unpaired) electrons. The van der Waals surface area contributed by atoms with E-state index in [4.69, 9.17) is 11.6 Å². The minimum Gasteiger partial charge on any atom is -0.481 e. The molecule has 0 spiro atoms. The number of hydrogen-bond donors (Lipinski definition) is 1. The number of halogens is 1. The SMILES string of the molecule is CC1(C(=O)O)CCN(CCCc2ccc(Cl)cc2)C1. The van der Waals surface area contributed by atoms with E-state index < -0.39 is 11.4 Å². The number of benzene rings is 1. The van der Waals surface area contributed by atoms with Crippen molar-refractivity contribution in [2.24, 2.45) is 5.41 Å². The van der Waals surface area contributed by atoms with Gasteiger partial charge in [0, 0.05) is 11.6 Å². The highest BCUT2D eigenvalue weighted by Crippen LogP contribution is 2.30. The summed E-state index contributed by atoms with van der Waals surface area (Å²) >= 11 is 5.85. The summed E-state index contributed by atoms with van der Waals surface area (Å²) in [5, 5.41) is 9.94. The van der Waals surface area contributed by atoms with Crippen molar-refractivity contribution in [3.8, 4) is 0 Å². The van der Waals surface area contributed by atoms with Crippen molar-refractivity contribution < 1.29 is 9.90 Å². The average molecular weight is 282 g/mol. The number of carbonyl (C=O) groups is 1. The molecule has 0 amide bonds. The molecule has 0 saturated carbocycles. The van der Waals surface area contributed by atoms with E-state index in [1.54, 1.807) is 0 Å². The molecule has 1 N–H and O–H groups in total. The second-order valence-electron chi connectivity index (χ2n) is 5.62. The molecule has 1 heterocycles. The van der Waals surface area contributed by atoms with E-state index in [0.717, 1.165) is 37.4 Å². The van der Waals surface area contributed by atoms with E-state index in [9.17, 15) is 9.90 Å². The summed E-state index contributed by atoms with van der Waals surface area (Å²) in [6, 6.07) is 7.92. The lowest BCUT2D eigenvalue weighted by molar-refractivity contribution is -0.147. The molecule has 1 fully saturated rings. The van der Waals surface area contributed by atoms with Gasteiger partial charge in [-0.25, -0.2) is 0 Å².